The van der Waals surface area contributed by atoms with Crippen LogP contribution in [0.25, 0.3) is 0 Å². The summed E-state index contributed by atoms with van der Waals surface area (Å²) in [6.07, 6.45) is 0. The Morgan fingerprint density at radius 1 is 0.889 bits per heavy atom. The molecule has 0 fully saturated rings. The van der Waals surface area contributed by atoms with Crippen LogP contribution in [-0.4, -0.2) is 28.0 Å². The van der Waals surface area contributed by atoms with Crippen LogP contribution < -0.4 is 14.4 Å². The van der Waals surface area contributed by atoms with E-state index in [0.717, 1.165) is 14.1 Å². The third kappa shape index (κ3) is 6.20. The van der Waals surface area contributed by atoms with Gasteiger partial charge >= 0.3 is 0 Å². The Bertz CT molecular complexity index is 1430. The number of hydrogen-bond acceptors (Lipinski definition) is 5. The average molecular weight is 539 g/mol. The van der Waals surface area contributed by atoms with Crippen LogP contribution in [0.15, 0.2) is 118 Å². The van der Waals surface area contributed by atoms with Crippen molar-refractivity contribution in [1.82, 2.24) is 0 Å². The molecule has 1 N–H and O–H groups in total. The van der Waals surface area contributed by atoms with Gasteiger partial charge < -0.3 is 10.1 Å². The van der Waals surface area contributed by atoms with Crippen LogP contribution in [0.4, 0.5) is 11.4 Å². The summed E-state index contributed by atoms with van der Waals surface area (Å²) in [4.78, 5) is 15.1. The molecule has 0 atom stereocenters. The van der Waals surface area contributed by atoms with Crippen LogP contribution in [0.2, 0.25) is 5.02 Å². The molecule has 0 bridgehead atoms. The maximum Gasteiger partial charge on any atom is 0.264 e. The first-order chi connectivity index (χ1) is 17.4. The Morgan fingerprint density at radius 2 is 1.53 bits per heavy atom. The number of sulfonamides is 1. The average Bonchev–Trinajstić information content (AvgIpc) is 2.89. The zero-order valence-electron chi connectivity index (χ0n) is 19.3. The Hall–Kier alpha value is -3.46. The van der Waals surface area contributed by atoms with E-state index in [1.807, 2.05) is 48.5 Å². The molecule has 36 heavy (non-hydrogen) atoms. The van der Waals surface area contributed by atoms with E-state index in [9.17, 15) is 13.2 Å². The van der Waals surface area contributed by atoms with Crippen molar-refractivity contribution in [1.29, 1.82) is 0 Å². The van der Waals surface area contributed by atoms with Gasteiger partial charge in [-0.2, -0.15) is 0 Å². The number of hydrogen-bond donors (Lipinski definition) is 1. The van der Waals surface area contributed by atoms with E-state index in [1.54, 1.807) is 42.5 Å². The van der Waals surface area contributed by atoms with Crippen molar-refractivity contribution in [2.24, 2.45) is 0 Å². The second-order valence-corrected chi connectivity index (χ2v) is 11.0. The standard InChI is InChI=1S/C27H23ClN2O4S2/c1-34-22-15-17-24(18-16-22)36(32,33)30(21-13-11-20(28)12-14-21)19-27(31)29-25-9-5-6-10-26(25)35-23-7-3-2-4-8-23/h2-18H,19H2,1H3,(H,29,31). The Balaban J connectivity index is 1.61. The summed E-state index contributed by atoms with van der Waals surface area (Å²) < 4.78 is 33.4. The molecule has 6 nitrogen and oxygen atoms in total. The third-order valence-corrected chi connectivity index (χ3v) is 8.31. The van der Waals surface area contributed by atoms with E-state index >= 15 is 0 Å². The molecule has 1 amide bonds. The van der Waals surface area contributed by atoms with Gasteiger partial charge in [-0.05, 0) is 72.8 Å². The molecule has 0 heterocycles. The monoisotopic (exact) mass is 538 g/mol. The number of ether oxygens (including phenoxy) is 1. The van der Waals surface area contributed by atoms with Crippen LogP contribution in [0.1, 0.15) is 0 Å². The first-order valence-electron chi connectivity index (χ1n) is 10.9. The molecule has 4 rings (SSSR count). The summed E-state index contributed by atoms with van der Waals surface area (Å²) in [5.74, 6) is 0.0420. The molecular formula is C27H23ClN2O4S2. The van der Waals surface area contributed by atoms with E-state index in [1.165, 1.54) is 31.0 Å². The number of carbonyl (C=O) groups is 1. The van der Waals surface area contributed by atoms with Crippen LogP contribution in [0, 0.1) is 0 Å². The molecule has 0 aliphatic carbocycles. The smallest absolute Gasteiger partial charge is 0.264 e. The number of nitrogens with zero attached hydrogens (tertiary/aromatic N) is 1. The van der Waals surface area contributed by atoms with Crippen molar-refractivity contribution in [3.05, 3.63) is 108 Å². The maximum atomic E-state index is 13.6. The Kier molecular flexibility index (Phi) is 8.20. The molecule has 9 heteroatoms. The molecule has 184 valence electrons. The lowest BCUT2D eigenvalue weighted by Crippen LogP contribution is -2.38. The van der Waals surface area contributed by atoms with Crippen LogP contribution in [-0.2, 0) is 14.8 Å². The van der Waals surface area contributed by atoms with Gasteiger partial charge in [-0.25, -0.2) is 8.42 Å². The summed E-state index contributed by atoms with van der Waals surface area (Å²) >= 11 is 7.52. The predicted octanol–water partition coefficient (Wildman–Crippen LogP) is 6.33. The van der Waals surface area contributed by atoms with E-state index in [2.05, 4.69) is 5.32 Å². The molecule has 0 saturated heterocycles. The summed E-state index contributed by atoms with van der Waals surface area (Å²) in [5.41, 5.74) is 0.909. The number of amides is 1. The van der Waals surface area contributed by atoms with Crippen LogP contribution in [0.3, 0.4) is 0 Å². The zero-order valence-corrected chi connectivity index (χ0v) is 21.7. The van der Waals surface area contributed by atoms with Gasteiger partial charge in [0.1, 0.15) is 12.3 Å². The molecule has 0 radical (unpaired) electrons. The van der Waals surface area contributed by atoms with Crippen molar-refractivity contribution in [2.75, 3.05) is 23.3 Å². The molecule has 0 saturated carbocycles. The molecule has 0 aliphatic heterocycles. The molecule has 0 aromatic heterocycles. The van der Waals surface area contributed by atoms with Crippen LogP contribution in [0.5, 0.6) is 5.75 Å². The van der Waals surface area contributed by atoms with Gasteiger partial charge in [0.15, 0.2) is 0 Å². The summed E-state index contributed by atoms with van der Waals surface area (Å²) in [5, 5.41) is 3.33. The van der Waals surface area contributed by atoms with Gasteiger partial charge in [0.05, 0.1) is 23.4 Å². The van der Waals surface area contributed by atoms with Gasteiger partial charge in [0, 0.05) is 14.8 Å². The third-order valence-electron chi connectivity index (χ3n) is 5.18. The first kappa shape index (κ1) is 25.6. The highest BCUT2D eigenvalue weighted by Gasteiger charge is 2.27. The van der Waals surface area contributed by atoms with Crippen molar-refractivity contribution >= 4 is 50.7 Å². The predicted molar refractivity (Wildman–Crippen MR) is 145 cm³/mol. The number of para-hydroxylation sites is 1. The fraction of sp³-hybridized carbons (Fsp3) is 0.0741. The van der Waals surface area contributed by atoms with Gasteiger partial charge in [-0.3, -0.25) is 9.10 Å². The number of carbonyl (C=O) groups excluding carboxylic acids is 1. The normalized spacial score (nSPS) is 11.1. The van der Waals surface area contributed by atoms with Gasteiger partial charge in [-0.1, -0.05) is 53.7 Å². The Labute approximate surface area is 219 Å². The molecule has 4 aromatic rings. The van der Waals surface area contributed by atoms with E-state index in [0.29, 0.717) is 22.1 Å². The Morgan fingerprint density at radius 3 is 2.19 bits per heavy atom. The number of rotatable bonds is 9. The molecule has 0 unspecified atom stereocenters. The molecular weight excluding hydrogens is 516 g/mol. The fourth-order valence-corrected chi connectivity index (χ4v) is 5.86. The summed E-state index contributed by atoms with van der Waals surface area (Å²) in [6.45, 7) is -0.430. The van der Waals surface area contributed by atoms with E-state index < -0.39 is 22.5 Å². The van der Waals surface area contributed by atoms with Crippen molar-refractivity contribution < 1.29 is 17.9 Å². The lowest BCUT2D eigenvalue weighted by molar-refractivity contribution is -0.114. The fourth-order valence-electron chi connectivity index (χ4n) is 3.39. The second kappa shape index (κ2) is 11.5. The zero-order chi connectivity index (χ0) is 25.5. The van der Waals surface area contributed by atoms with Crippen molar-refractivity contribution in [3.8, 4) is 5.75 Å². The number of methoxy groups -OCH3 is 1. The minimum atomic E-state index is -4.07. The topological polar surface area (TPSA) is 75.7 Å². The number of halogens is 1. The van der Waals surface area contributed by atoms with Crippen molar-refractivity contribution in [3.63, 3.8) is 0 Å². The SMILES string of the molecule is COc1ccc(S(=O)(=O)N(CC(=O)Nc2ccccc2Sc2ccccc2)c2ccc(Cl)cc2)cc1. The molecule has 0 spiro atoms. The first-order valence-corrected chi connectivity index (χ1v) is 13.5. The highest BCUT2D eigenvalue weighted by molar-refractivity contribution is 7.99. The summed E-state index contributed by atoms with van der Waals surface area (Å²) in [7, 11) is -2.57. The second-order valence-electron chi connectivity index (χ2n) is 7.62. The minimum absolute atomic E-state index is 0.0334. The quantitative estimate of drug-likeness (QED) is 0.269. The number of nitrogens with one attached hydrogen (secondary N) is 1. The maximum absolute atomic E-state index is 13.6. The highest BCUT2D eigenvalue weighted by Crippen LogP contribution is 2.33. The minimum Gasteiger partial charge on any atom is -0.497 e. The van der Waals surface area contributed by atoms with Crippen LogP contribution >= 0.6 is 23.4 Å². The number of benzene rings is 4. The van der Waals surface area contributed by atoms with Gasteiger partial charge in [0.2, 0.25) is 5.91 Å². The highest BCUT2D eigenvalue weighted by atomic mass is 35.5. The molecule has 4 aromatic carbocycles. The van der Waals surface area contributed by atoms with Gasteiger partial charge in [-0.15, -0.1) is 0 Å². The van der Waals surface area contributed by atoms with Gasteiger partial charge in [0.25, 0.3) is 10.0 Å². The number of anilines is 2. The van der Waals surface area contributed by atoms with Crippen molar-refractivity contribution in [2.45, 2.75) is 14.7 Å². The largest absolute Gasteiger partial charge is 0.497 e. The summed E-state index contributed by atoms with van der Waals surface area (Å²) in [6, 6.07) is 29.5. The van der Waals surface area contributed by atoms with E-state index in [-0.39, 0.29) is 4.90 Å². The lowest BCUT2D eigenvalue weighted by atomic mass is 10.3. The molecule has 0 aliphatic rings. The lowest BCUT2D eigenvalue weighted by Gasteiger charge is -2.24. The van der Waals surface area contributed by atoms with E-state index in [4.69, 9.17) is 16.3 Å².